The van der Waals surface area contributed by atoms with Gasteiger partial charge in [-0.15, -0.1) is 0 Å². The number of nitrogens with zero attached hydrogens (tertiary/aromatic N) is 4. The first-order valence-corrected chi connectivity index (χ1v) is 7.32. The Balaban J connectivity index is 2.10. The van der Waals surface area contributed by atoms with Gasteiger partial charge in [-0.1, -0.05) is 19.8 Å². The highest BCUT2D eigenvalue weighted by molar-refractivity contribution is 5.02. The molecule has 0 aliphatic heterocycles. The zero-order chi connectivity index (χ0) is 13.9. The van der Waals surface area contributed by atoms with Crippen molar-refractivity contribution in [2.24, 2.45) is 0 Å². The van der Waals surface area contributed by atoms with Crippen molar-refractivity contribution in [3.63, 3.8) is 0 Å². The number of aryl methyl sites for hydroxylation is 1. The SMILES string of the molecule is CCCn1ncnc1CC(O)C1(N(C)C)CCCC1. The summed E-state index contributed by atoms with van der Waals surface area (Å²) in [5, 5.41) is 14.9. The third kappa shape index (κ3) is 2.82. The molecule has 1 aromatic heterocycles. The number of rotatable bonds is 6. The molecule has 1 heterocycles. The summed E-state index contributed by atoms with van der Waals surface area (Å²) in [6, 6.07) is 0. The molecule has 1 saturated carbocycles. The fourth-order valence-electron chi connectivity index (χ4n) is 3.27. The molecular weight excluding hydrogens is 240 g/mol. The van der Waals surface area contributed by atoms with Crippen molar-refractivity contribution in [1.82, 2.24) is 19.7 Å². The summed E-state index contributed by atoms with van der Waals surface area (Å²) in [6.45, 7) is 3.00. The van der Waals surface area contributed by atoms with E-state index in [1.807, 2.05) is 4.68 Å². The number of hydrogen-bond donors (Lipinski definition) is 1. The lowest BCUT2D eigenvalue weighted by molar-refractivity contribution is -0.00416. The van der Waals surface area contributed by atoms with Gasteiger partial charge in [0.25, 0.3) is 0 Å². The van der Waals surface area contributed by atoms with Gasteiger partial charge in [0, 0.05) is 18.5 Å². The monoisotopic (exact) mass is 266 g/mol. The van der Waals surface area contributed by atoms with E-state index in [4.69, 9.17) is 0 Å². The molecule has 5 nitrogen and oxygen atoms in total. The van der Waals surface area contributed by atoms with Gasteiger partial charge in [0.1, 0.15) is 12.2 Å². The van der Waals surface area contributed by atoms with Gasteiger partial charge >= 0.3 is 0 Å². The predicted octanol–water partition coefficient (Wildman–Crippen LogP) is 1.47. The van der Waals surface area contributed by atoms with Crippen LogP contribution >= 0.6 is 0 Å². The molecule has 1 N–H and O–H groups in total. The van der Waals surface area contributed by atoms with E-state index in [1.54, 1.807) is 6.33 Å². The molecule has 0 bridgehead atoms. The molecule has 1 atom stereocenters. The van der Waals surface area contributed by atoms with Gasteiger partial charge in [-0.05, 0) is 33.4 Å². The smallest absolute Gasteiger partial charge is 0.138 e. The lowest BCUT2D eigenvalue weighted by atomic mass is 9.87. The van der Waals surface area contributed by atoms with Gasteiger partial charge in [-0.25, -0.2) is 4.98 Å². The average Bonchev–Trinajstić information content (AvgIpc) is 3.00. The van der Waals surface area contributed by atoms with Crippen LogP contribution in [0.3, 0.4) is 0 Å². The Kier molecular flexibility index (Phi) is 4.58. The van der Waals surface area contributed by atoms with Crippen molar-refractivity contribution < 1.29 is 5.11 Å². The number of aromatic nitrogens is 3. The molecule has 0 amide bonds. The Morgan fingerprint density at radius 2 is 2.11 bits per heavy atom. The molecule has 1 aromatic rings. The topological polar surface area (TPSA) is 54.2 Å². The lowest BCUT2D eigenvalue weighted by Crippen LogP contribution is -2.52. The van der Waals surface area contributed by atoms with Gasteiger partial charge in [-0.2, -0.15) is 5.10 Å². The van der Waals surface area contributed by atoms with Crippen LogP contribution in [0.25, 0.3) is 0 Å². The van der Waals surface area contributed by atoms with Gasteiger partial charge in [0.15, 0.2) is 0 Å². The molecule has 0 aromatic carbocycles. The first-order valence-electron chi connectivity index (χ1n) is 7.32. The maximum Gasteiger partial charge on any atom is 0.138 e. The van der Waals surface area contributed by atoms with E-state index >= 15 is 0 Å². The van der Waals surface area contributed by atoms with Crippen molar-refractivity contribution in [2.75, 3.05) is 14.1 Å². The molecule has 2 rings (SSSR count). The minimum absolute atomic E-state index is 0.0804. The summed E-state index contributed by atoms with van der Waals surface area (Å²) in [5.41, 5.74) is -0.0804. The second kappa shape index (κ2) is 6.01. The Hall–Kier alpha value is -0.940. The van der Waals surface area contributed by atoms with Crippen molar-refractivity contribution >= 4 is 0 Å². The highest BCUT2D eigenvalue weighted by Crippen LogP contribution is 2.37. The Morgan fingerprint density at radius 3 is 2.68 bits per heavy atom. The first kappa shape index (κ1) is 14.5. The van der Waals surface area contributed by atoms with E-state index in [0.29, 0.717) is 6.42 Å². The maximum absolute atomic E-state index is 10.7. The Bertz CT molecular complexity index is 396. The highest BCUT2D eigenvalue weighted by atomic mass is 16.3. The molecule has 1 fully saturated rings. The molecule has 0 radical (unpaired) electrons. The van der Waals surface area contributed by atoms with Crippen molar-refractivity contribution in [2.45, 2.75) is 63.6 Å². The molecular formula is C14H26N4O. The molecule has 19 heavy (non-hydrogen) atoms. The fraction of sp³-hybridized carbons (Fsp3) is 0.857. The summed E-state index contributed by atoms with van der Waals surface area (Å²) >= 11 is 0. The van der Waals surface area contributed by atoms with Gasteiger partial charge in [0.2, 0.25) is 0 Å². The maximum atomic E-state index is 10.7. The van der Waals surface area contributed by atoms with E-state index in [9.17, 15) is 5.11 Å². The largest absolute Gasteiger partial charge is 0.391 e. The quantitative estimate of drug-likeness (QED) is 0.847. The van der Waals surface area contributed by atoms with Gasteiger partial charge < -0.3 is 10.0 Å². The summed E-state index contributed by atoms with van der Waals surface area (Å²) in [4.78, 5) is 6.51. The fourth-order valence-corrected chi connectivity index (χ4v) is 3.27. The molecule has 1 unspecified atom stereocenters. The minimum Gasteiger partial charge on any atom is -0.391 e. The van der Waals surface area contributed by atoms with E-state index in [1.165, 1.54) is 12.8 Å². The van der Waals surface area contributed by atoms with Gasteiger partial charge in [0.05, 0.1) is 6.10 Å². The summed E-state index contributed by atoms with van der Waals surface area (Å²) < 4.78 is 1.92. The van der Waals surface area contributed by atoms with E-state index in [0.717, 1.165) is 31.6 Å². The summed E-state index contributed by atoms with van der Waals surface area (Å²) in [6.07, 6.45) is 7.41. The van der Waals surface area contributed by atoms with E-state index < -0.39 is 0 Å². The van der Waals surface area contributed by atoms with Crippen LogP contribution in [0.5, 0.6) is 0 Å². The van der Waals surface area contributed by atoms with Crippen LogP contribution < -0.4 is 0 Å². The normalized spacial score (nSPS) is 20.1. The molecule has 108 valence electrons. The summed E-state index contributed by atoms with van der Waals surface area (Å²) in [7, 11) is 4.15. The molecule has 1 aliphatic rings. The Morgan fingerprint density at radius 1 is 1.42 bits per heavy atom. The molecule has 5 heteroatoms. The highest BCUT2D eigenvalue weighted by Gasteiger charge is 2.42. The van der Waals surface area contributed by atoms with Crippen LogP contribution in [-0.4, -0.2) is 50.5 Å². The third-order valence-corrected chi connectivity index (χ3v) is 4.49. The minimum atomic E-state index is -0.371. The number of aliphatic hydroxyl groups is 1. The zero-order valence-corrected chi connectivity index (χ0v) is 12.3. The van der Waals surface area contributed by atoms with Crippen molar-refractivity contribution in [3.8, 4) is 0 Å². The number of hydrogen-bond acceptors (Lipinski definition) is 4. The number of likely N-dealkylation sites (N-methyl/N-ethyl adjacent to an activating group) is 1. The third-order valence-electron chi connectivity index (χ3n) is 4.49. The standard InChI is InChI=1S/C14H26N4O/c1-4-9-18-13(15-11-16-18)10-12(19)14(17(2)3)7-5-6-8-14/h11-12,19H,4-10H2,1-3H3. The van der Waals surface area contributed by atoms with Gasteiger partial charge in [-0.3, -0.25) is 4.68 Å². The molecule has 0 spiro atoms. The average molecular weight is 266 g/mol. The summed E-state index contributed by atoms with van der Waals surface area (Å²) in [5.74, 6) is 0.905. The van der Waals surface area contributed by atoms with E-state index in [2.05, 4.69) is 36.0 Å². The van der Waals surface area contributed by atoms with Crippen molar-refractivity contribution in [1.29, 1.82) is 0 Å². The lowest BCUT2D eigenvalue weighted by Gasteiger charge is -2.40. The zero-order valence-electron chi connectivity index (χ0n) is 12.3. The van der Waals surface area contributed by atoms with Crippen molar-refractivity contribution in [3.05, 3.63) is 12.2 Å². The van der Waals surface area contributed by atoms with Crippen LogP contribution in [0.1, 0.15) is 44.9 Å². The van der Waals surface area contributed by atoms with Crippen LogP contribution in [-0.2, 0) is 13.0 Å². The first-order chi connectivity index (χ1) is 9.10. The van der Waals surface area contributed by atoms with Crippen LogP contribution in [0.2, 0.25) is 0 Å². The second-order valence-electron chi connectivity index (χ2n) is 5.82. The Labute approximate surface area is 115 Å². The predicted molar refractivity (Wildman–Crippen MR) is 74.9 cm³/mol. The number of aliphatic hydroxyl groups excluding tert-OH is 1. The van der Waals surface area contributed by atoms with Crippen LogP contribution in [0.4, 0.5) is 0 Å². The van der Waals surface area contributed by atoms with Crippen LogP contribution in [0, 0.1) is 0 Å². The van der Waals surface area contributed by atoms with E-state index in [-0.39, 0.29) is 11.6 Å². The molecule has 0 saturated heterocycles. The molecule has 1 aliphatic carbocycles. The second-order valence-corrected chi connectivity index (χ2v) is 5.82. The van der Waals surface area contributed by atoms with Crippen LogP contribution in [0.15, 0.2) is 6.33 Å².